The standard InChI is InChI=1S/C22H38N4O6S2/c1-6-17(27)24-15(21(31)23-8-3)13-33-19(29)11-12-20(30)34-14-16(25-18(28)7-2)22(32)26(9-4)10-5/h15-16H,6-14H2,1-5H3,(H,23,31)(H,24,27)(H,25,28)/t15-,16-/m0/s1. The van der Waals surface area contributed by atoms with Gasteiger partial charge in [0.2, 0.25) is 23.6 Å². The summed E-state index contributed by atoms with van der Waals surface area (Å²) in [7, 11) is 0. The van der Waals surface area contributed by atoms with Crippen LogP contribution in [0.1, 0.15) is 60.3 Å². The molecule has 0 aliphatic rings. The second-order valence-electron chi connectivity index (χ2n) is 7.22. The van der Waals surface area contributed by atoms with Gasteiger partial charge in [-0.15, -0.1) is 0 Å². The number of likely N-dealkylation sites (N-methyl/N-ethyl adjacent to an activating group) is 2. The average Bonchev–Trinajstić information content (AvgIpc) is 2.83. The van der Waals surface area contributed by atoms with Crippen LogP contribution < -0.4 is 16.0 Å². The maximum atomic E-state index is 12.7. The van der Waals surface area contributed by atoms with Crippen LogP contribution in [-0.4, -0.2) is 82.0 Å². The van der Waals surface area contributed by atoms with Crippen LogP contribution in [-0.2, 0) is 28.8 Å². The summed E-state index contributed by atoms with van der Waals surface area (Å²) in [5.74, 6) is -1.02. The number of carbonyl (C=O) groups excluding carboxylic acids is 6. The smallest absolute Gasteiger partial charge is 0.246 e. The third kappa shape index (κ3) is 13.0. The van der Waals surface area contributed by atoms with Gasteiger partial charge in [0.05, 0.1) is 0 Å². The maximum Gasteiger partial charge on any atom is 0.246 e. The number of carbonyl (C=O) groups is 6. The Morgan fingerprint density at radius 3 is 1.56 bits per heavy atom. The largest absolute Gasteiger partial charge is 0.355 e. The summed E-state index contributed by atoms with van der Waals surface area (Å²) < 4.78 is 0. The van der Waals surface area contributed by atoms with Crippen LogP contribution in [0.15, 0.2) is 0 Å². The predicted octanol–water partition coefficient (Wildman–Crippen LogP) is 1.08. The summed E-state index contributed by atoms with van der Waals surface area (Å²) >= 11 is 1.80. The Kier molecular flexibility index (Phi) is 17.2. The van der Waals surface area contributed by atoms with Crippen molar-refractivity contribution in [2.24, 2.45) is 0 Å². The molecule has 0 radical (unpaired) electrons. The number of nitrogens with one attached hydrogen (secondary N) is 3. The van der Waals surface area contributed by atoms with Crippen molar-refractivity contribution in [3.63, 3.8) is 0 Å². The second kappa shape index (κ2) is 18.3. The van der Waals surface area contributed by atoms with Gasteiger partial charge in [0, 0.05) is 56.8 Å². The fourth-order valence-electron chi connectivity index (χ4n) is 2.70. The summed E-state index contributed by atoms with van der Waals surface area (Å²) in [6.07, 6.45) is 0.382. The van der Waals surface area contributed by atoms with E-state index >= 15 is 0 Å². The molecule has 34 heavy (non-hydrogen) atoms. The number of amides is 4. The minimum Gasteiger partial charge on any atom is -0.355 e. The topological polar surface area (TPSA) is 142 Å². The van der Waals surface area contributed by atoms with Crippen molar-refractivity contribution < 1.29 is 28.8 Å². The van der Waals surface area contributed by atoms with E-state index in [0.29, 0.717) is 19.6 Å². The fourth-order valence-corrected chi connectivity index (χ4v) is 4.36. The Bertz CT molecular complexity index is 716. The van der Waals surface area contributed by atoms with Crippen molar-refractivity contribution >= 4 is 57.4 Å². The van der Waals surface area contributed by atoms with E-state index in [1.54, 1.807) is 25.7 Å². The summed E-state index contributed by atoms with van der Waals surface area (Å²) in [6, 6.07) is -1.65. The van der Waals surface area contributed by atoms with E-state index < -0.39 is 12.1 Å². The van der Waals surface area contributed by atoms with E-state index in [4.69, 9.17) is 0 Å². The zero-order chi connectivity index (χ0) is 26.1. The molecule has 0 rings (SSSR count). The van der Waals surface area contributed by atoms with Crippen molar-refractivity contribution in [3.8, 4) is 0 Å². The summed E-state index contributed by atoms with van der Waals surface area (Å²) in [5.41, 5.74) is 0. The van der Waals surface area contributed by atoms with Crippen molar-refractivity contribution in [3.05, 3.63) is 0 Å². The van der Waals surface area contributed by atoms with Gasteiger partial charge in [-0.05, 0) is 20.8 Å². The van der Waals surface area contributed by atoms with Gasteiger partial charge in [-0.3, -0.25) is 28.8 Å². The van der Waals surface area contributed by atoms with Crippen molar-refractivity contribution in [2.75, 3.05) is 31.1 Å². The molecule has 3 N–H and O–H groups in total. The lowest BCUT2D eigenvalue weighted by Crippen LogP contribution is -2.50. The quantitative estimate of drug-likeness (QED) is 0.276. The number of rotatable bonds is 16. The van der Waals surface area contributed by atoms with Crippen molar-refractivity contribution in [1.29, 1.82) is 0 Å². The average molecular weight is 519 g/mol. The Morgan fingerprint density at radius 1 is 0.706 bits per heavy atom. The van der Waals surface area contributed by atoms with Crippen molar-refractivity contribution in [1.82, 2.24) is 20.9 Å². The molecule has 0 aromatic carbocycles. The summed E-state index contributed by atoms with van der Waals surface area (Å²) in [5, 5.41) is 7.33. The number of thioether (sulfide) groups is 2. The Balaban J connectivity index is 4.72. The molecule has 0 aliphatic carbocycles. The lowest BCUT2D eigenvalue weighted by molar-refractivity contribution is -0.135. The van der Waals surface area contributed by atoms with Crippen LogP contribution in [0.5, 0.6) is 0 Å². The van der Waals surface area contributed by atoms with Gasteiger partial charge in [0.25, 0.3) is 0 Å². The zero-order valence-electron chi connectivity index (χ0n) is 20.7. The summed E-state index contributed by atoms with van der Waals surface area (Å²) in [6.45, 7) is 10.2. The first-order valence-electron chi connectivity index (χ1n) is 11.6. The van der Waals surface area contributed by atoms with Gasteiger partial charge in [0.15, 0.2) is 10.2 Å². The highest BCUT2D eigenvalue weighted by Gasteiger charge is 2.26. The monoisotopic (exact) mass is 518 g/mol. The molecule has 0 heterocycles. The zero-order valence-corrected chi connectivity index (χ0v) is 22.4. The minimum atomic E-state index is -0.833. The highest BCUT2D eigenvalue weighted by Crippen LogP contribution is 2.15. The molecule has 0 aromatic rings. The molecule has 0 unspecified atom stereocenters. The second-order valence-corrected chi connectivity index (χ2v) is 9.37. The van der Waals surface area contributed by atoms with Gasteiger partial charge in [0.1, 0.15) is 12.1 Å². The molecular formula is C22H38N4O6S2. The van der Waals surface area contributed by atoms with Gasteiger partial charge in [-0.1, -0.05) is 37.4 Å². The van der Waals surface area contributed by atoms with Crippen LogP contribution in [0, 0.1) is 0 Å². The normalized spacial score (nSPS) is 12.3. The lowest BCUT2D eigenvalue weighted by atomic mass is 10.2. The van der Waals surface area contributed by atoms with E-state index in [0.717, 1.165) is 23.5 Å². The molecule has 0 aromatic heterocycles. The van der Waals surface area contributed by atoms with Crippen LogP contribution in [0.4, 0.5) is 0 Å². The minimum absolute atomic E-state index is 0.0302. The first-order chi connectivity index (χ1) is 16.1. The van der Waals surface area contributed by atoms with E-state index in [9.17, 15) is 28.8 Å². The van der Waals surface area contributed by atoms with E-state index in [2.05, 4.69) is 16.0 Å². The third-order valence-electron chi connectivity index (χ3n) is 4.71. The predicted molar refractivity (Wildman–Crippen MR) is 135 cm³/mol. The molecule has 0 aliphatic heterocycles. The van der Waals surface area contributed by atoms with Gasteiger partial charge < -0.3 is 20.9 Å². The molecule has 2 atom stereocenters. The molecule has 194 valence electrons. The van der Waals surface area contributed by atoms with Crippen molar-refractivity contribution in [2.45, 2.75) is 72.4 Å². The number of nitrogens with zero attached hydrogens (tertiary/aromatic N) is 1. The maximum absolute atomic E-state index is 12.7. The van der Waals surface area contributed by atoms with Crippen LogP contribution in [0.3, 0.4) is 0 Å². The third-order valence-corrected chi connectivity index (χ3v) is 6.76. The highest BCUT2D eigenvalue weighted by atomic mass is 32.2. The van der Waals surface area contributed by atoms with E-state index in [1.807, 2.05) is 13.8 Å². The van der Waals surface area contributed by atoms with Crippen LogP contribution in [0.25, 0.3) is 0 Å². The molecule has 12 heteroatoms. The lowest BCUT2D eigenvalue weighted by Gasteiger charge is -2.25. The van der Waals surface area contributed by atoms with Gasteiger partial charge in [-0.25, -0.2) is 0 Å². The Labute approximate surface area is 210 Å². The molecule has 10 nitrogen and oxygen atoms in total. The fraction of sp³-hybridized carbons (Fsp3) is 0.727. The van der Waals surface area contributed by atoms with Crippen LogP contribution in [0.2, 0.25) is 0 Å². The molecule has 0 fully saturated rings. The molecule has 0 saturated carbocycles. The molecule has 4 amide bonds. The Hall–Kier alpha value is -2.08. The number of hydrogen-bond donors (Lipinski definition) is 3. The Morgan fingerprint density at radius 2 is 1.15 bits per heavy atom. The molecule has 0 bridgehead atoms. The summed E-state index contributed by atoms with van der Waals surface area (Å²) in [4.78, 5) is 74.3. The first-order valence-corrected chi connectivity index (χ1v) is 13.6. The van der Waals surface area contributed by atoms with E-state index in [-0.39, 0.29) is 71.0 Å². The van der Waals surface area contributed by atoms with Crippen LogP contribution >= 0.6 is 23.5 Å². The molecule has 0 saturated heterocycles. The van der Waals surface area contributed by atoms with Gasteiger partial charge >= 0.3 is 0 Å². The van der Waals surface area contributed by atoms with Gasteiger partial charge in [-0.2, -0.15) is 0 Å². The van der Waals surface area contributed by atoms with E-state index in [1.165, 1.54) is 0 Å². The molecule has 0 spiro atoms. The molecular weight excluding hydrogens is 480 g/mol. The number of hydrogen-bond acceptors (Lipinski definition) is 8. The SMILES string of the molecule is CCNC(=O)[C@H](CSC(=O)CCC(=O)SC[C@H](NC(=O)CC)C(=O)N(CC)CC)NC(=O)CC. The highest BCUT2D eigenvalue weighted by molar-refractivity contribution is 8.14. The first kappa shape index (κ1) is 31.9.